The van der Waals surface area contributed by atoms with Gasteiger partial charge in [0.1, 0.15) is 5.69 Å². The van der Waals surface area contributed by atoms with Crippen molar-refractivity contribution in [1.29, 1.82) is 0 Å². The first-order chi connectivity index (χ1) is 12.7. The van der Waals surface area contributed by atoms with Crippen molar-refractivity contribution in [2.75, 3.05) is 18.8 Å². The minimum atomic E-state index is 0.173. The third-order valence-electron chi connectivity index (χ3n) is 4.61. The van der Waals surface area contributed by atoms with Crippen LogP contribution in [0.1, 0.15) is 25.5 Å². The highest BCUT2D eigenvalue weighted by Gasteiger charge is 2.19. The van der Waals surface area contributed by atoms with E-state index in [9.17, 15) is 4.79 Å². The lowest BCUT2D eigenvalue weighted by atomic mass is 10.0. The molecule has 0 bridgehead atoms. The van der Waals surface area contributed by atoms with Crippen LogP contribution in [0.15, 0.2) is 36.5 Å². The van der Waals surface area contributed by atoms with Crippen molar-refractivity contribution in [2.45, 2.75) is 19.8 Å². The summed E-state index contributed by atoms with van der Waals surface area (Å²) in [5.74, 6) is 1.12. The van der Waals surface area contributed by atoms with Crippen molar-refractivity contribution < 1.29 is 4.79 Å². The fourth-order valence-electron chi connectivity index (χ4n) is 3.14. The number of nitrogen functional groups attached to an aromatic ring is 1. The molecule has 26 heavy (non-hydrogen) atoms. The summed E-state index contributed by atoms with van der Waals surface area (Å²) in [6.07, 6.45) is 5.01. The largest absolute Gasteiger partial charge is 0.382 e. The van der Waals surface area contributed by atoms with Crippen LogP contribution in [0.2, 0.25) is 0 Å². The highest BCUT2D eigenvalue weighted by molar-refractivity contribution is 5.81. The van der Waals surface area contributed by atoms with E-state index in [1.165, 1.54) is 0 Å². The Morgan fingerprint density at radius 1 is 1.31 bits per heavy atom. The summed E-state index contributed by atoms with van der Waals surface area (Å²) >= 11 is 0. The van der Waals surface area contributed by atoms with Crippen LogP contribution in [0.5, 0.6) is 0 Å². The van der Waals surface area contributed by atoms with Gasteiger partial charge in [-0.15, -0.1) is 0 Å². The molecule has 1 amide bonds. The van der Waals surface area contributed by atoms with Gasteiger partial charge in [-0.3, -0.25) is 4.79 Å². The monoisotopic (exact) mass is 348 g/mol. The lowest BCUT2D eigenvalue weighted by Crippen LogP contribution is -2.34. The summed E-state index contributed by atoms with van der Waals surface area (Å²) < 4.78 is 0. The van der Waals surface area contributed by atoms with Gasteiger partial charge in [0, 0.05) is 19.5 Å². The van der Waals surface area contributed by atoms with Crippen LogP contribution in [-0.4, -0.2) is 43.8 Å². The maximum absolute atomic E-state index is 11.8. The van der Waals surface area contributed by atoms with E-state index in [0.717, 1.165) is 28.7 Å². The first-order valence-electron chi connectivity index (χ1n) is 8.70. The summed E-state index contributed by atoms with van der Waals surface area (Å²) in [6.45, 7) is 3.19. The molecule has 1 aliphatic heterocycles. The number of nitrogens with one attached hydrogen (secondary N) is 1. The van der Waals surface area contributed by atoms with Crippen LogP contribution in [0.4, 0.5) is 5.82 Å². The quantitative estimate of drug-likeness (QED) is 0.758. The van der Waals surface area contributed by atoms with Gasteiger partial charge >= 0.3 is 0 Å². The van der Waals surface area contributed by atoms with Gasteiger partial charge in [0.05, 0.1) is 22.9 Å². The van der Waals surface area contributed by atoms with Gasteiger partial charge in [0.2, 0.25) is 5.91 Å². The second kappa shape index (κ2) is 6.59. The van der Waals surface area contributed by atoms with E-state index in [1.807, 2.05) is 42.2 Å². The van der Waals surface area contributed by atoms with Gasteiger partial charge in [-0.05, 0) is 24.1 Å². The average Bonchev–Trinajstić information content (AvgIpc) is 3.12. The van der Waals surface area contributed by atoms with E-state index in [0.29, 0.717) is 36.8 Å². The highest BCUT2D eigenvalue weighted by atomic mass is 16.2. The molecule has 0 spiro atoms. The molecular weight excluding hydrogens is 328 g/mol. The Balaban J connectivity index is 1.67. The topological polar surface area (TPSA) is 101 Å². The Hall–Kier alpha value is -3.22. The number of H-pyrrole nitrogens is 1. The molecule has 2 aromatic heterocycles. The van der Waals surface area contributed by atoms with Crippen molar-refractivity contribution in [1.82, 2.24) is 24.8 Å². The minimum absolute atomic E-state index is 0.173. The molecule has 0 fully saturated rings. The minimum Gasteiger partial charge on any atom is -0.382 e. The number of fused-ring (bicyclic) bond motifs is 1. The Morgan fingerprint density at radius 3 is 2.88 bits per heavy atom. The summed E-state index contributed by atoms with van der Waals surface area (Å²) in [5, 5.41) is 0. The summed E-state index contributed by atoms with van der Waals surface area (Å²) in [7, 11) is 0. The molecule has 132 valence electrons. The first-order valence-corrected chi connectivity index (χ1v) is 8.70. The van der Waals surface area contributed by atoms with Crippen LogP contribution >= 0.6 is 0 Å². The highest BCUT2D eigenvalue weighted by Crippen LogP contribution is 2.26. The molecule has 7 heteroatoms. The number of amides is 1. The molecule has 4 rings (SSSR count). The number of carbonyl (C=O) groups is 1. The summed E-state index contributed by atoms with van der Waals surface area (Å²) in [4.78, 5) is 30.5. The summed E-state index contributed by atoms with van der Waals surface area (Å²) in [6, 6.07) is 7.79. The maximum atomic E-state index is 11.8. The smallest absolute Gasteiger partial charge is 0.222 e. The predicted octanol–water partition coefficient (Wildman–Crippen LogP) is 2.63. The fourth-order valence-corrected chi connectivity index (χ4v) is 3.14. The lowest BCUT2D eigenvalue weighted by molar-refractivity contribution is -0.130. The molecule has 3 heterocycles. The van der Waals surface area contributed by atoms with E-state index < -0.39 is 0 Å². The fraction of sp³-hybridized carbons (Fsp3) is 0.263. The van der Waals surface area contributed by atoms with Crippen molar-refractivity contribution in [3.8, 4) is 11.5 Å². The number of nitrogens with two attached hydrogens (primary N) is 1. The molecule has 1 aromatic carbocycles. The number of rotatable bonds is 3. The predicted molar refractivity (Wildman–Crippen MR) is 101 cm³/mol. The third-order valence-corrected chi connectivity index (χ3v) is 4.61. The number of carbonyl (C=O) groups excluding carboxylic acids is 1. The molecule has 7 nitrogen and oxygen atoms in total. The van der Waals surface area contributed by atoms with E-state index >= 15 is 0 Å². The van der Waals surface area contributed by atoms with Crippen molar-refractivity contribution in [3.05, 3.63) is 42.2 Å². The number of hydrogen-bond acceptors (Lipinski definition) is 5. The number of hydrogen-bond donors (Lipinski definition) is 2. The number of aromatic nitrogens is 4. The molecule has 1 aliphatic rings. The van der Waals surface area contributed by atoms with E-state index in [-0.39, 0.29) is 5.91 Å². The van der Waals surface area contributed by atoms with Gasteiger partial charge in [-0.25, -0.2) is 15.0 Å². The average molecular weight is 348 g/mol. The number of para-hydroxylation sites is 2. The molecule has 0 atom stereocenters. The Bertz CT molecular complexity index is 973. The molecule has 3 N–H and O–H groups in total. The number of anilines is 1. The summed E-state index contributed by atoms with van der Waals surface area (Å²) in [5.41, 5.74) is 10.2. The molecule has 0 radical (unpaired) electrons. The molecule has 0 saturated carbocycles. The number of aromatic amines is 1. The van der Waals surface area contributed by atoms with Gasteiger partial charge in [-0.1, -0.05) is 25.1 Å². The van der Waals surface area contributed by atoms with Crippen molar-refractivity contribution in [2.24, 2.45) is 0 Å². The van der Waals surface area contributed by atoms with Crippen LogP contribution in [-0.2, 0) is 4.79 Å². The van der Waals surface area contributed by atoms with Crippen molar-refractivity contribution in [3.63, 3.8) is 0 Å². The zero-order valence-corrected chi connectivity index (χ0v) is 14.6. The zero-order chi connectivity index (χ0) is 18.1. The number of benzene rings is 1. The lowest BCUT2D eigenvalue weighted by Gasteiger charge is -2.26. The Kier molecular flexibility index (Phi) is 4.12. The normalized spacial score (nSPS) is 14.5. The van der Waals surface area contributed by atoms with Crippen LogP contribution in [0, 0.1) is 0 Å². The number of nitrogens with zero attached hydrogens (tertiary/aromatic N) is 4. The molecule has 0 aliphatic carbocycles. The Morgan fingerprint density at radius 2 is 2.15 bits per heavy atom. The molecule has 0 saturated heterocycles. The van der Waals surface area contributed by atoms with Crippen LogP contribution in [0.25, 0.3) is 28.1 Å². The zero-order valence-electron chi connectivity index (χ0n) is 14.6. The van der Waals surface area contributed by atoms with Gasteiger partial charge in [0.15, 0.2) is 11.6 Å². The van der Waals surface area contributed by atoms with E-state index in [1.54, 1.807) is 6.20 Å². The first kappa shape index (κ1) is 16.3. The third kappa shape index (κ3) is 2.92. The molecule has 3 aromatic rings. The van der Waals surface area contributed by atoms with Gasteiger partial charge in [-0.2, -0.15) is 0 Å². The van der Waals surface area contributed by atoms with E-state index in [2.05, 4.69) is 15.0 Å². The van der Waals surface area contributed by atoms with Crippen LogP contribution < -0.4 is 5.73 Å². The Labute approximate surface area is 151 Å². The van der Waals surface area contributed by atoms with Crippen molar-refractivity contribution >= 4 is 28.3 Å². The standard InChI is InChI=1S/C19H20N6O/c1-2-16(26)25-9-7-12(8-10-25)15-11-21-18(20)17(22-15)19-23-13-5-3-4-6-14(13)24-19/h3-7,11H,2,8-10H2,1H3,(H2,20,21)(H,23,24). The maximum Gasteiger partial charge on any atom is 0.222 e. The van der Waals surface area contributed by atoms with Gasteiger partial charge in [0.25, 0.3) is 0 Å². The second-order valence-corrected chi connectivity index (χ2v) is 6.26. The molecule has 0 unspecified atom stereocenters. The van der Waals surface area contributed by atoms with Gasteiger partial charge < -0.3 is 15.6 Å². The van der Waals surface area contributed by atoms with Crippen LogP contribution in [0.3, 0.4) is 0 Å². The number of imidazole rings is 1. The van der Waals surface area contributed by atoms with E-state index in [4.69, 9.17) is 10.7 Å². The second-order valence-electron chi connectivity index (χ2n) is 6.26. The molecular formula is C19H20N6O. The SMILES string of the molecule is CCC(=O)N1CC=C(c2cnc(N)c(-c3nc4ccccc4[nH]3)n2)CC1.